The first-order valence-electron chi connectivity index (χ1n) is 9.35. The van der Waals surface area contributed by atoms with Crippen molar-refractivity contribution in [3.63, 3.8) is 0 Å². The minimum atomic E-state index is -0.722. The second-order valence-corrected chi connectivity index (χ2v) is 7.58. The fraction of sp³-hybridized carbons (Fsp3) is 0.217. The Morgan fingerprint density at radius 1 is 1.23 bits per heavy atom. The maximum atomic E-state index is 12.9. The summed E-state index contributed by atoms with van der Waals surface area (Å²) in [6.07, 6.45) is 1.63. The SMILES string of the molecule is C=CCOc1ccc(/C(O)=C2\C(=O)C(=O)N(CCOC)C2c2cccc(Br)c2)cc1. The van der Waals surface area contributed by atoms with E-state index in [4.69, 9.17) is 9.47 Å². The van der Waals surface area contributed by atoms with Crippen LogP contribution in [-0.4, -0.2) is 48.6 Å². The molecule has 30 heavy (non-hydrogen) atoms. The zero-order valence-corrected chi connectivity index (χ0v) is 18.1. The van der Waals surface area contributed by atoms with Crippen molar-refractivity contribution in [2.24, 2.45) is 0 Å². The van der Waals surface area contributed by atoms with E-state index in [0.717, 1.165) is 4.47 Å². The molecule has 156 valence electrons. The van der Waals surface area contributed by atoms with Gasteiger partial charge >= 0.3 is 0 Å². The molecule has 1 heterocycles. The van der Waals surface area contributed by atoms with Crippen LogP contribution < -0.4 is 4.74 Å². The van der Waals surface area contributed by atoms with E-state index in [2.05, 4.69) is 22.5 Å². The fourth-order valence-corrected chi connectivity index (χ4v) is 3.76. The van der Waals surface area contributed by atoms with Crippen molar-refractivity contribution in [3.8, 4) is 5.75 Å². The number of rotatable bonds is 8. The number of ether oxygens (including phenoxy) is 2. The number of hydrogen-bond acceptors (Lipinski definition) is 5. The third-order valence-corrected chi connectivity index (χ3v) is 5.23. The number of methoxy groups -OCH3 is 1. The number of hydrogen-bond donors (Lipinski definition) is 1. The lowest BCUT2D eigenvalue weighted by molar-refractivity contribution is -0.140. The Kier molecular flexibility index (Phi) is 7.07. The molecule has 6 nitrogen and oxygen atoms in total. The van der Waals surface area contributed by atoms with Gasteiger partial charge in [-0.3, -0.25) is 9.59 Å². The van der Waals surface area contributed by atoms with Crippen LogP contribution in [0.5, 0.6) is 5.75 Å². The van der Waals surface area contributed by atoms with Gasteiger partial charge in [-0.15, -0.1) is 0 Å². The third-order valence-electron chi connectivity index (χ3n) is 4.74. The van der Waals surface area contributed by atoms with Gasteiger partial charge < -0.3 is 19.5 Å². The van der Waals surface area contributed by atoms with E-state index in [9.17, 15) is 14.7 Å². The summed E-state index contributed by atoms with van der Waals surface area (Å²) in [6.45, 7) is 4.46. The molecule has 0 spiro atoms. The molecule has 2 aromatic carbocycles. The number of amides is 1. The normalized spacial score (nSPS) is 17.9. The smallest absolute Gasteiger partial charge is 0.295 e. The van der Waals surface area contributed by atoms with Gasteiger partial charge in [0.1, 0.15) is 18.1 Å². The van der Waals surface area contributed by atoms with Crippen LogP contribution >= 0.6 is 15.9 Å². The van der Waals surface area contributed by atoms with Gasteiger partial charge in [0.25, 0.3) is 11.7 Å². The number of aliphatic hydroxyl groups is 1. The standard InChI is InChI=1S/C23H22BrNO5/c1-3-12-30-18-9-7-15(8-10-18)21(26)19-20(16-5-4-6-17(24)14-16)25(11-13-29-2)23(28)22(19)27/h3-10,14,20,26H,1,11-13H2,2H3/b21-19+. The maximum absolute atomic E-state index is 12.9. The highest BCUT2D eigenvalue weighted by Crippen LogP contribution is 2.40. The number of aliphatic hydroxyl groups excluding tert-OH is 1. The number of likely N-dealkylation sites (tertiary alicyclic amines) is 1. The van der Waals surface area contributed by atoms with E-state index in [1.54, 1.807) is 30.3 Å². The lowest BCUT2D eigenvalue weighted by atomic mass is 9.95. The average molecular weight is 472 g/mol. The molecule has 1 amide bonds. The first-order chi connectivity index (χ1) is 14.5. The van der Waals surface area contributed by atoms with E-state index >= 15 is 0 Å². The molecular formula is C23H22BrNO5. The number of halogens is 1. The summed E-state index contributed by atoms with van der Waals surface area (Å²) in [6, 6.07) is 13.3. The monoisotopic (exact) mass is 471 g/mol. The van der Waals surface area contributed by atoms with Crippen LogP contribution in [0.4, 0.5) is 0 Å². The van der Waals surface area contributed by atoms with Gasteiger partial charge in [0.15, 0.2) is 0 Å². The molecule has 1 aliphatic rings. The highest BCUT2D eigenvalue weighted by atomic mass is 79.9. The third kappa shape index (κ3) is 4.47. The van der Waals surface area contributed by atoms with Crippen molar-refractivity contribution < 1.29 is 24.2 Å². The summed E-state index contributed by atoms with van der Waals surface area (Å²) < 4.78 is 11.4. The molecule has 1 fully saturated rings. The lowest BCUT2D eigenvalue weighted by Gasteiger charge is -2.25. The molecular weight excluding hydrogens is 450 g/mol. The quantitative estimate of drug-likeness (QED) is 0.271. The molecule has 1 saturated heterocycles. The number of ketones is 1. The van der Waals surface area contributed by atoms with Crippen LogP contribution in [-0.2, 0) is 14.3 Å². The molecule has 1 aliphatic heterocycles. The van der Waals surface area contributed by atoms with Crippen molar-refractivity contribution in [1.82, 2.24) is 4.90 Å². The van der Waals surface area contributed by atoms with E-state index in [0.29, 0.717) is 23.5 Å². The lowest BCUT2D eigenvalue weighted by Crippen LogP contribution is -2.32. The predicted octanol–water partition coefficient (Wildman–Crippen LogP) is 4.08. The van der Waals surface area contributed by atoms with Crippen molar-refractivity contribution in [1.29, 1.82) is 0 Å². The van der Waals surface area contributed by atoms with Crippen LogP contribution in [0.3, 0.4) is 0 Å². The number of carbonyl (C=O) groups excluding carboxylic acids is 2. The molecule has 2 aromatic rings. The molecule has 0 aromatic heterocycles. The Morgan fingerprint density at radius 3 is 2.60 bits per heavy atom. The van der Waals surface area contributed by atoms with Crippen LogP contribution in [0.15, 0.2) is 71.2 Å². The minimum absolute atomic E-state index is 0.0500. The van der Waals surface area contributed by atoms with Crippen molar-refractivity contribution in [2.75, 3.05) is 26.9 Å². The van der Waals surface area contributed by atoms with Crippen molar-refractivity contribution in [2.45, 2.75) is 6.04 Å². The first-order valence-corrected chi connectivity index (χ1v) is 10.1. The van der Waals surface area contributed by atoms with Gasteiger partial charge in [-0.1, -0.05) is 40.7 Å². The molecule has 0 bridgehead atoms. The van der Waals surface area contributed by atoms with E-state index in [1.165, 1.54) is 12.0 Å². The van der Waals surface area contributed by atoms with Gasteiger partial charge in [0, 0.05) is 23.7 Å². The first kappa shape index (κ1) is 21.8. The second-order valence-electron chi connectivity index (χ2n) is 6.66. The average Bonchev–Trinajstić information content (AvgIpc) is 3.01. The Bertz CT molecular complexity index is 983. The molecule has 1 unspecified atom stereocenters. The largest absolute Gasteiger partial charge is 0.507 e. The second kappa shape index (κ2) is 9.73. The molecule has 3 rings (SSSR count). The zero-order valence-electron chi connectivity index (χ0n) is 16.5. The minimum Gasteiger partial charge on any atom is -0.507 e. The maximum Gasteiger partial charge on any atom is 0.295 e. The predicted molar refractivity (Wildman–Crippen MR) is 117 cm³/mol. The van der Waals surface area contributed by atoms with E-state index in [1.807, 2.05) is 24.3 Å². The number of carbonyl (C=O) groups is 2. The summed E-state index contributed by atoms with van der Waals surface area (Å²) in [5.41, 5.74) is 1.19. The van der Waals surface area contributed by atoms with Crippen LogP contribution in [0.2, 0.25) is 0 Å². The molecule has 0 saturated carbocycles. The molecule has 1 atom stereocenters. The molecule has 0 aliphatic carbocycles. The van der Waals surface area contributed by atoms with Gasteiger partial charge in [-0.05, 0) is 42.0 Å². The topological polar surface area (TPSA) is 76.1 Å². The van der Waals surface area contributed by atoms with Gasteiger partial charge in [-0.25, -0.2) is 0 Å². The Morgan fingerprint density at radius 2 is 1.97 bits per heavy atom. The summed E-state index contributed by atoms with van der Waals surface area (Å²) in [4.78, 5) is 27.0. The Hall–Kier alpha value is -2.90. The summed E-state index contributed by atoms with van der Waals surface area (Å²) in [5, 5.41) is 11.0. The number of nitrogens with zero attached hydrogens (tertiary/aromatic N) is 1. The van der Waals surface area contributed by atoms with Gasteiger partial charge in [0.05, 0.1) is 18.2 Å². The van der Waals surface area contributed by atoms with E-state index < -0.39 is 17.7 Å². The summed E-state index contributed by atoms with van der Waals surface area (Å²) >= 11 is 3.43. The Balaban J connectivity index is 2.07. The Labute approximate surface area is 183 Å². The zero-order chi connectivity index (χ0) is 21.7. The van der Waals surface area contributed by atoms with Crippen LogP contribution in [0, 0.1) is 0 Å². The van der Waals surface area contributed by atoms with E-state index in [-0.39, 0.29) is 24.5 Å². The van der Waals surface area contributed by atoms with Gasteiger partial charge in [-0.2, -0.15) is 0 Å². The van der Waals surface area contributed by atoms with Crippen molar-refractivity contribution >= 4 is 33.4 Å². The number of Topliss-reactive ketones (excluding diaryl/α,β-unsaturated/α-hetero) is 1. The van der Waals surface area contributed by atoms with Crippen LogP contribution in [0.1, 0.15) is 17.2 Å². The highest BCUT2D eigenvalue weighted by Gasteiger charge is 2.45. The summed E-state index contributed by atoms with van der Waals surface area (Å²) in [7, 11) is 1.53. The molecule has 7 heteroatoms. The highest BCUT2D eigenvalue weighted by molar-refractivity contribution is 9.10. The molecule has 0 radical (unpaired) electrons. The van der Waals surface area contributed by atoms with Crippen LogP contribution in [0.25, 0.3) is 5.76 Å². The number of benzene rings is 2. The fourth-order valence-electron chi connectivity index (χ4n) is 3.34. The van der Waals surface area contributed by atoms with Crippen molar-refractivity contribution in [3.05, 3.63) is 82.4 Å². The summed E-state index contributed by atoms with van der Waals surface area (Å²) in [5.74, 6) is -1.01. The van der Waals surface area contributed by atoms with Gasteiger partial charge in [0.2, 0.25) is 0 Å². The molecule has 1 N–H and O–H groups in total.